The highest BCUT2D eigenvalue weighted by atomic mass is 31.2. The third kappa shape index (κ3) is 8.17. The van der Waals surface area contributed by atoms with Gasteiger partial charge in [-0.05, 0) is 24.3 Å². The van der Waals surface area contributed by atoms with E-state index in [-0.39, 0.29) is 11.3 Å². The van der Waals surface area contributed by atoms with Gasteiger partial charge in [-0.1, -0.05) is 0 Å². The van der Waals surface area contributed by atoms with Crippen LogP contribution in [0.5, 0.6) is 0 Å². The van der Waals surface area contributed by atoms with Gasteiger partial charge in [-0.3, -0.25) is 13.6 Å². The molecule has 0 bridgehead atoms. The van der Waals surface area contributed by atoms with Gasteiger partial charge in [0.1, 0.15) is 30.5 Å². The molecule has 2 rings (SSSR count). The van der Waals surface area contributed by atoms with E-state index in [0.717, 1.165) is 12.1 Å². The lowest BCUT2D eigenvalue weighted by Crippen LogP contribution is -2.66. The first-order chi connectivity index (χ1) is 14.9. The molecular weight excluding hydrogens is 519 g/mol. The van der Waals surface area contributed by atoms with Gasteiger partial charge in [0, 0.05) is 5.69 Å². The van der Waals surface area contributed by atoms with Crippen LogP contribution < -0.4 is 5.73 Å². The highest BCUT2D eigenvalue weighted by molar-refractivity contribution is 7.46. The van der Waals surface area contributed by atoms with Gasteiger partial charge in [-0.2, -0.15) is 0 Å². The van der Waals surface area contributed by atoms with Crippen LogP contribution in [0.25, 0.3) is 0 Å². The minimum atomic E-state index is -5.57. The molecule has 10 N–H and O–H groups in total. The van der Waals surface area contributed by atoms with Crippen molar-refractivity contribution in [1.29, 1.82) is 0 Å². The van der Waals surface area contributed by atoms with Crippen LogP contribution in [0, 0.1) is 0 Å². The summed E-state index contributed by atoms with van der Waals surface area (Å²) in [7, 11) is -16.6. The molecule has 17 nitrogen and oxygen atoms in total. The molecule has 1 aliphatic carbocycles. The van der Waals surface area contributed by atoms with Crippen molar-refractivity contribution in [3.05, 3.63) is 29.8 Å². The van der Waals surface area contributed by atoms with Crippen LogP contribution >= 0.6 is 23.5 Å². The van der Waals surface area contributed by atoms with Crippen molar-refractivity contribution in [2.75, 3.05) is 5.73 Å². The number of anilines is 1. The lowest BCUT2D eigenvalue weighted by Gasteiger charge is -2.45. The van der Waals surface area contributed by atoms with Crippen LogP contribution in [-0.2, 0) is 32.0 Å². The molecule has 0 aromatic heterocycles. The van der Waals surface area contributed by atoms with Gasteiger partial charge in [0.2, 0.25) is 0 Å². The van der Waals surface area contributed by atoms with Crippen molar-refractivity contribution in [3.63, 3.8) is 0 Å². The highest BCUT2D eigenvalue weighted by Gasteiger charge is 2.58. The smallest absolute Gasteiger partial charge is 0.453 e. The zero-order chi connectivity index (χ0) is 25.4. The minimum absolute atomic E-state index is 0.225. The summed E-state index contributed by atoms with van der Waals surface area (Å²) in [6.07, 6.45) is -14.7. The first-order valence-corrected chi connectivity index (χ1v) is 13.1. The lowest BCUT2D eigenvalue weighted by molar-refractivity contribution is -0.212. The second kappa shape index (κ2) is 10.2. The van der Waals surface area contributed by atoms with Crippen LogP contribution in [0.3, 0.4) is 0 Å². The molecule has 1 aliphatic rings. The second-order valence-electron chi connectivity index (χ2n) is 6.65. The Morgan fingerprint density at radius 3 is 1.55 bits per heavy atom. The summed E-state index contributed by atoms with van der Waals surface area (Å²) in [5, 5.41) is 20.8. The van der Waals surface area contributed by atoms with Crippen molar-refractivity contribution in [1.82, 2.24) is 0 Å². The zero-order valence-electron chi connectivity index (χ0n) is 16.0. The second-order valence-corrected chi connectivity index (χ2v) is 10.2. The van der Waals surface area contributed by atoms with Gasteiger partial charge in [0.05, 0.1) is 5.56 Å². The minimum Gasteiger partial charge on any atom is -0.453 e. The number of benzene rings is 1. The van der Waals surface area contributed by atoms with E-state index in [9.17, 15) is 38.5 Å². The Morgan fingerprint density at radius 2 is 1.09 bits per heavy atom. The molecule has 0 unspecified atom stereocenters. The molecule has 0 radical (unpaired) electrons. The van der Waals surface area contributed by atoms with Gasteiger partial charge >= 0.3 is 29.4 Å². The molecule has 1 aromatic carbocycles. The fraction of sp³-hybridized carbons (Fsp3) is 0.462. The lowest BCUT2D eigenvalue weighted by atomic mass is 9.85. The fourth-order valence-corrected chi connectivity index (χ4v) is 4.63. The first kappa shape index (κ1) is 28.0. The molecule has 0 spiro atoms. The van der Waals surface area contributed by atoms with E-state index in [4.69, 9.17) is 30.0 Å². The molecule has 1 aromatic rings. The van der Waals surface area contributed by atoms with E-state index in [2.05, 4.69) is 13.6 Å². The number of phosphoric acid groups is 3. The van der Waals surface area contributed by atoms with E-state index in [1.165, 1.54) is 12.1 Å². The third-order valence-electron chi connectivity index (χ3n) is 4.16. The van der Waals surface area contributed by atoms with Crippen LogP contribution in [-0.4, -0.2) is 82.2 Å². The summed E-state index contributed by atoms with van der Waals surface area (Å²) in [6, 6.07) is 4.82. The Hall–Kier alpha value is -1.26. The van der Waals surface area contributed by atoms with Crippen LogP contribution in [0.1, 0.15) is 10.4 Å². The number of rotatable bonds is 8. The number of phosphoric ester groups is 3. The van der Waals surface area contributed by atoms with Crippen molar-refractivity contribution in [2.24, 2.45) is 0 Å². The van der Waals surface area contributed by atoms with Crippen LogP contribution in [0.15, 0.2) is 24.3 Å². The number of aliphatic hydroxyl groups is 2. The van der Waals surface area contributed by atoms with E-state index in [1.54, 1.807) is 0 Å². The number of ether oxygens (including phenoxy) is 1. The summed E-state index contributed by atoms with van der Waals surface area (Å²) in [5.74, 6) is -1.29. The Bertz CT molecular complexity index is 984. The van der Waals surface area contributed by atoms with Gasteiger partial charge in [0.15, 0.2) is 6.10 Å². The molecule has 6 atom stereocenters. The average Bonchev–Trinajstić information content (AvgIpc) is 2.63. The highest BCUT2D eigenvalue weighted by Crippen LogP contribution is 2.49. The summed E-state index contributed by atoms with van der Waals surface area (Å²) in [6.45, 7) is 0. The van der Waals surface area contributed by atoms with Gasteiger partial charge in [-0.15, -0.1) is 0 Å². The normalized spacial score (nSPS) is 29.0. The van der Waals surface area contributed by atoms with E-state index in [0.29, 0.717) is 0 Å². The SMILES string of the molecule is Nc1ccc(C(=O)O[C@H]2[C@@H](O)[C@@H](OP(=O)(O)O)[C@H](O)[C@@H](OP(=O)(O)O)[C@@H]2OP(=O)(O)O)cc1. The fourth-order valence-electron chi connectivity index (χ4n) is 2.94. The molecule has 20 heteroatoms. The summed E-state index contributed by atoms with van der Waals surface area (Å²) in [4.78, 5) is 67.1. The number of nitrogens with two attached hydrogens (primary N) is 1. The molecule has 1 fully saturated rings. The molecule has 0 saturated heterocycles. The molecular formula is C13H20NO16P3. The van der Waals surface area contributed by atoms with Crippen molar-refractivity contribution in [2.45, 2.75) is 36.6 Å². The van der Waals surface area contributed by atoms with Gasteiger partial charge in [0.25, 0.3) is 0 Å². The van der Waals surface area contributed by atoms with Crippen LogP contribution in [0.4, 0.5) is 5.69 Å². The predicted octanol–water partition coefficient (Wildman–Crippen LogP) is -2.04. The van der Waals surface area contributed by atoms with Crippen molar-refractivity contribution in [3.8, 4) is 0 Å². The predicted molar refractivity (Wildman–Crippen MR) is 103 cm³/mol. The van der Waals surface area contributed by atoms with Crippen LogP contribution in [0.2, 0.25) is 0 Å². The summed E-state index contributed by atoms with van der Waals surface area (Å²) >= 11 is 0. The summed E-state index contributed by atoms with van der Waals surface area (Å²) in [5.41, 5.74) is 5.50. The number of carbonyl (C=O) groups excluding carboxylic acids is 1. The van der Waals surface area contributed by atoms with E-state index < -0.39 is 66.1 Å². The summed E-state index contributed by atoms with van der Waals surface area (Å²) < 4.78 is 51.8. The first-order valence-electron chi connectivity index (χ1n) is 8.52. The topological polar surface area (TPSA) is 293 Å². The Kier molecular flexibility index (Phi) is 8.61. The molecule has 0 heterocycles. The zero-order valence-corrected chi connectivity index (χ0v) is 18.7. The number of nitrogen functional groups attached to an aromatic ring is 1. The monoisotopic (exact) mass is 539 g/mol. The number of aliphatic hydroxyl groups excluding tert-OH is 2. The Balaban J connectivity index is 2.53. The number of hydrogen-bond donors (Lipinski definition) is 9. The maximum Gasteiger partial charge on any atom is 0.470 e. The molecule has 0 amide bonds. The Labute approximate surface area is 184 Å². The van der Waals surface area contributed by atoms with Gasteiger partial charge in [-0.25, -0.2) is 18.5 Å². The Morgan fingerprint density at radius 1 is 0.697 bits per heavy atom. The maximum absolute atomic E-state index is 12.5. The standard InChI is InChI=1S/C13H20NO16P3/c14-6-3-1-5(2-4-6)13(17)27-10-7(15)9(28-31(18,19)20)8(16)11(29-32(21,22)23)12(10)30-33(24,25)26/h1-4,7-12,15-16H,14H2,(H2,18,19,20)(H2,21,22,23)(H2,24,25,26)/t7-,8-,9+,10-,11+,12+/m0/s1. The average molecular weight is 539 g/mol. The third-order valence-corrected chi connectivity index (χ3v) is 5.71. The molecule has 188 valence electrons. The van der Waals surface area contributed by atoms with E-state index in [1.807, 2.05) is 0 Å². The maximum atomic E-state index is 12.5. The van der Waals surface area contributed by atoms with Crippen molar-refractivity contribution >= 4 is 35.1 Å². The quantitative estimate of drug-likeness (QED) is 0.0976. The van der Waals surface area contributed by atoms with Crippen molar-refractivity contribution < 1.29 is 76.4 Å². The number of carbonyl (C=O) groups is 1. The molecule has 1 saturated carbocycles. The molecule has 0 aliphatic heterocycles. The number of hydrogen-bond acceptors (Lipinski definition) is 11. The molecule has 33 heavy (non-hydrogen) atoms. The largest absolute Gasteiger partial charge is 0.470 e. The van der Waals surface area contributed by atoms with Gasteiger partial charge < -0.3 is 50.0 Å². The number of esters is 1. The van der Waals surface area contributed by atoms with E-state index >= 15 is 0 Å².